The molecule has 0 saturated heterocycles. The van der Waals surface area contributed by atoms with Gasteiger partial charge < -0.3 is 5.43 Å². The molecule has 0 radical (unpaired) electrons. The fourth-order valence-corrected chi connectivity index (χ4v) is 0.763. The zero-order chi connectivity index (χ0) is 10.1. The number of halogens is 4. The van der Waals surface area contributed by atoms with Gasteiger partial charge in [-0.15, -0.1) is 0 Å². The average Bonchev–Trinajstić information content (AvgIpc) is 2.02. The molecule has 0 aromatic carbocycles. The van der Waals surface area contributed by atoms with Crippen molar-refractivity contribution in [3.63, 3.8) is 0 Å². The second-order valence-electron chi connectivity index (χ2n) is 2.16. The first-order chi connectivity index (χ1) is 5.96. The van der Waals surface area contributed by atoms with Crippen LogP contribution in [0.3, 0.4) is 0 Å². The van der Waals surface area contributed by atoms with Gasteiger partial charge in [-0.1, -0.05) is 0 Å². The lowest BCUT2D eigenvalue weighted by atomic mass is 10.2. The van der Waals surface area contributed by atoms with Gasteiger partial charge in [0, 0.05) is 6.20 Å². The van der Waals surface area contributed by atoms with Crippen molar-refractivity contribution in [2.45, 2.75) is 6.18 Å². The molecule has 72 valence electrons. The molecule has 3 nitrogen and oxygen atoms in total. The Morgan fingerprint density at radius 2 is 2.00 bits per heavy atom. The van der Waals surface area contributed by atoms with Gasteiger partial charge in [0.1, 0.15) is 0 Å². The number of nitrogen functional groups attached to an aromatic ring is 1. The summed E-state index contributed by atoms with van der Waals surface area (Å²) in [4.78, 5) is 3.26. The van der Waals surface area contributed by atoms with Crippen molar-refractivity contribution in [1.29, 1.82) is 0 Å². The number of pyridine rings is 1. The van der Waals surface area contributed by atoms with Gasteiger partial charge in [-0.2, -0.15) is 13.2 Å². The number of nitrogens with one attached hydrogen (secondary N) is 1. The first-order valence-electron chi connectivity index (χ1n) is 3.15. The Morgan fingerprint density at radius 1 is 1.38 bits per heavy atom. The lowest BCUT2D eigenvalue weighted by Gasteiger charge is -2.09. The number of nitrogens with two attached hydrogens (primary N) is 1. The van der Waals surface area contributed by atoms with Gasteiger partial charge in [-0.25, -0.2) is 15.2 Å². The summed E-state index contributed by atoms with van der Waals surface area (Å²) in [5.74, 6) is 2.61. The summed E-state index contributed by atoms with van der Waals surface area (Å²) in [5, 5.41) is 0. The molecular formula is C6H5F4N3. The molecule has 0 unspecified atom stereocenters. The molecule has 0 saturated carbocycles. The normalized spacial score (nSPS) is 11.5. The van der Waals surface area contributed by atoms with E-state index in [9.17, 15) is 17.6 Å². The molecule has 0 fully saturated rings. The Balaban J connectivity index is 3.24. The number of hydrogen-bond acceptors (Lipinski definition) is 3. The van der Waals surface area contributed by atoms with Crippen molar-refractivity contribution in [3.8, 4) is 0 Å². The molecular weight excluding hydrogens is 190 g/mol. The third-order valence-electron chi connectivity index (χ3n) is 1.33. The highest BCUT2D eigenvalue weighted by Crippen LogP contribution is 2.32. The van der Waals surface area contributed by atoms with Crippen molar-refractivity contribution in [2.75, 3.05) is 5.43 Å². The Labute approximate surface area is 70.5 Å². The number of anilines is 1. The summed E-state index contributed by atoms with van der Waals surface area (Å²) >= 11 is 0. The van der Waals surface area contributed by atoms with Gasteiger partial charge >= 0.3 is 6.18 Å². The molecule has 0 aliphatic rings. The summed E-state index contributed by atoms with van der Waals surface area (Å²) < 4.78 is 48.9. The van der Waals surface area contributed by atoms with E-state index in [4.69, 9.17) is 5.84 Å². The van der Waals surface area contributed by atoms with Gasteiger partial charge in [0.05, 0.1) is 5.56 Å². The topological polar surface area (TPSA) is 50.9 Å². The van der Waals surface area contributed by atoms with Crippen LogP contribution in [0.25, 0.3) is 0 Å². The van der Waals surface area contributed by atoms with Gasteiger partial charge in [0.15, 0.2) is 11.6 Å². The second kappa shape index (κ2) is 3.17. The van der Waals surface area contributed by atoms with Crippen molar-refractivity contribution < 1.29 is 17.6 Å². The number of hydrazine groups is 1. The Hall–Kier alpha value is -1.37. The third-order valence-corrected chi connectivity index (χ3v) is 1.33. The van der Waals surface area contributed by atoms with Crippen LogP contribution in [-0.2, 0) is 6.18 Å². The highest BCUT2D eigenvalue weighted by Gasteiger charge is 2.35. The number of rotatable bonds is 1. The van der Waals surface area contributed by atoms with E-state index >= 15 is 0 Å². The van der Waals surface area contributed by atoms with Crippen LogP contribution in [-0.4, -0.2) is 4.98 Å². The SMILES string of the molecule is NNc1nccc(C(F)(F)F)c1F. The average molecular weight is 195 g/mol. The van der Waals surface area contributed by atoms with E-state index in [1.54, 1.807) is 5.43 Å². The minimum absolute atomic E-state index is 0.538. The van der Waals surface area contributed by atoms with E-state index in [1.807, 2.05) is 0 Å². The highest BCUT2D eigenvalue weighted by atomic mass is 19.4. The van der Waals surface area contributed by atoms with Crippen molar-refractivity contribution in [3.05, 3.63) is 23.6 Å². The molecule has 0 aliphatic carbocycles. The first-order valence-corrected chi connectivity index (χ1v) is 3.15. The molecule has 0 amide bonds. The highest BCUT2D eigenvalue weighted by molar-refractivity contribution is 5.39. The monoisotopic (exact) mass is 195 g/mol. The summed E-state index contributed by atoms with van der Waals surface area (Å²) in [6.45, 7) is 0. The summed E-state index contributed by atoms with van der Waals surface area (Å²) in [6, 6.07) is 0.538. The summed E-state index contributed by atoms with van der Waals surface area (Å²) in [5.41, 5.74) is 0.329. The van der Waals surface area contributed by atoms with E-state index in [-0.39, 0.29) is 0 Å². The zero-order valence-corrected chi connectivity index (χ0v) is 6.19. The standard InChI is InChI=1S/C6H5F4N3/c7-4-3(6(8,9)10)1-2-12-5(4)13-11/h1-2H,11H2,(H,12,13). The Bertz CT molecular complexity index is 309. The van der Waals surface area contributed by atoms with Crippen LogP contribution >= 0.6 is 0 Å². The van der Waals surface area contributed by atoms with Crippen LogP contribution in [0.1, 0.15) is 5.56 Å². The molecule has 1 heterocycles. The number of alkyl halides is 3. The molecule has 1 aromatic rings. The minimum atomic E-state index is -4.74. The smallest absolute Gasteiger partial charge is 0.306 e. The molecule has 0 atom stereocenters. The fourth-order valence-electron chi connectivity index (χ4n) is 0.763. The van der Waals surface area contributed by atoms with E-state index < -0.39 is 23.4 Å². The summed E-state index contributed by atoms with van der Waals surface area (Å²) in [6.07, 6.45) is -3.92. The number of nitrogens with zero attached hydrogens (tertiary/aromatic N) is 1. The molecule has 0 spiro atoms. The molecule has 0 bridgehead atoms. The largest absolute Gasteiger partial charge is 0.419 e. The van der Waals surface area contributed by atoms with Crippen LogP contribution in [0.2, 0.25) is 0 Å². The Kier molecular flexibility index (Phi) is 2.37. The van der Waals surface area contributed by atoms with Crippen LogP contribution in [0.4, 0.5) is 23.4 Å². The van der Waals surface area contributed by atoms with Crippen LogP contribution in [0.5, 0.6) is 0 Å². The fraction of sp³-hybridized carbons (Fsp3) is 0.167. The maximum atomic E-state index is 12.8. The zero-order valence-electron chi connectivity index (χ0n) is 6.19. The van der Waals surface area contributed by atoms with Crippen LogP contribution in [0.15, 0.2) is 12.3 Å². The van der Waals surface area contributed by atoms with E-state index in [0.717, 1.165) is 6.20 Å². The third kappa shape index (κ3) is 1.86. The Morgan fingerprint density at radius 3 is 2.46 bits per heavy atom. The minimum Gasteiger partial charge on any atom is -0.306 e. The lowest BCUT2D eigenvalue weighted by Crippen LogP contribution is -2.15. The molecule has 3 N–H and O–H groups in total. The predicted octanol–water partition coefficient (Wildman–Crippen LogP) is 1.53. The number of hydrogen-bond donors (Lipinski definition) is 2. The lowest BCUT2D eigenvalue weighted by molar-refractivity contribution is -0.140. The van der Waals surface area contributed by atoms with E-state index in [1.165, 1.54) is 0 Å². The summed E-state index contributed by atoms with van der Waals surface area (Å²) in [7, 11) is 0. The van der Waals surface area contributed by atoms with E-state index in [2.05, 4.69) is 4.98 Å². The van der Waals surface area contributed by atoms with Crippen molar-refractivity contribution >= 4 is 5.82 Å². The molecule has 13 heavy (non-hydrogen) atoms. The first kappa shape index (κ1) is 9.72. The van der Waals surface area contributed by atoms with Crippen molar-refractivity contribution in [2.24, 2.45) is 5.84 Å². The molecule has 7 heteroatoms. The van der Waals surface area contributed by atoms with Gasteiger partial charge in [-0.3, -0.25) is 0 Å². The molecule has 1 rings (SSSR count). The predicted molar refractivity (Wildman–Crippen MR) is 37.0 cm³/mol. The van der Waals surface area contributed by atoms with Gasteiger partial charge in [0.2, 0.25) is 0 Å². The van der Waals surface area contributed by atoms with Gasteiger partial charge in [-0.05, 0) is 6.07 Å². The van der Waals surface area contributed by atoms with Crippen LogP contribution < -0.4 is 11.3 Å². The maximum Gasteiger partial charge on any atom is 0.419 e. The van der Waals surface area contributed by atoms with E-state index in [0.29, 0.717) is 6.07 Å². The number of aromatic nitrogens is 1. The van der Waals surface area contributed by atoms with Crippen molar-refractivity contribution in [1.82, 2.24) is 4.98 Å². The quantitative estimate of drug-likeness (QED) is 0.406. The second-order valence-corrected chi connectivity index (χ2v) is 2.16. The molecule has 0 aliphatic heterocycles. The molecule has 1 aromatic heterocycles. The maximum absolute atomic E-state index is 12.8. The van der Waals surface area contributed by atoms with Gasteiger partial charge in [0.25, 0.3) is 0 Å². The van der Waals surface area contributed by atoms with Crippen LogP contribution in [0, 0.1) is 5.82 Å².